The van der Waals surface area contributed by atoms with Crippen molar-refractivity contribution in [1.82, 2.24) is 58.0 Å². The third kappa shape index (κ3) is 20.5. The Morgan fingerprint density at radius 1 is 0.492 bits per heavy atom. The molecule has 15 aromatic rings. The van der Waals surface area contributed by atoms with Gasteiger partial charge in [-0.05, 0) is 217 Å². The Bertz CT molecular complexity index is 7030. The molecule has 1 aliphatic carbocycles. The van der Waals surface area contributed by atoms with Crippen LogP contribution < -0.4 is 53.5 Å². The van der Waals surface area contributed by atoms with Gasteiger partial charge in [0.2, 0.25) is 0 Å². The second-order valence-electron chi connectivity index (χ2n) is 35.8. The van der Waals surface area contributed by atoms with E-state index in [1.54, 1.807) is 94.3 Å². The summed E-state index contributed by atoms with van der Waals surface area (Å²) in [5.41, 5.74) is 14.4. The summed E-state index contributed by atoms with van der Waals surface area (Å²) in [5.74, 6) is 5.59. The molecule has 130 heavy (non-hydrogen) atoms. The predicted molar refractivity (Wildman–Crippen MR) is 547 cm³/mol. The Balaban J connectivity index is 0.000000126. The van der Waals surface area contributed by atoms with Gasteiger partial charge in [0.05, 0.1) is 63.9 Å². The van der Waals surface area contributed by atoms with Crippen molar-refractivity contribution >= 4 is 192 Å². The van der Waals surface area contributed by atoms with Gasteiger partial charge in [0.1, 0.15) is 68.9 Å². The zero-order valence-electron chi connectivity index (χ0n) is 76.6. The molecule has 11 heterocycles. The lowest BCUT2D eigenvalue weighted by atomic mass is 9.94. The van der Waals surface area contributed by atoms with Crippen molar-refractivity contribution in [3.05, 3.63) is 264 Å². The molecular formula is C99H115ClN19O6P5. The number of likely N-dealkylation sites (N-methyl/N-ethyl adjacent to an activating group) is 1. The quantitative estimate of drug-likeness (QED) is 0.0499. The van der Waals surface area contributed by atoms with Crippen LogP contribution in [0.5, 0.6) is 0 Å². The van der Waals surface area contributed by atoms with Crippen molar-refractivity contribution in [3.63, 3.8) is 0 Å². The number of halogens is 1. The molecular weight excluding hydrogens is 1740 g/mol. The monoisotopic (exact) mass is 1860 g/mol. The van der Waals surface area contributed by atoms with Crippen LogP contribution in [0.25, 0.3) is 54.8 Å². The Morgan fingerprint density at radius 2 is 1.02 bits per heavy atom. The topological polar surface area (TPSA) is 291 Å². The van der Waals surface area contributed by atoms with Crippen molar-refractivity contribution < 1.29 is 22.8 Å². The van der Waals surface area contributed by atoms with Crippen molar-refractivity contribution in [3.8, 4) is 0 Å². The molecule has 25 nitrogen and oxygen atoms in total. The standard InChI is InChI=1S/C28H37N4OP.C20H20N3OP.C18H21ClN5OP.C17H21N4O2P.C16H16N3OP/c1-18(2)34(33,19(3)4)22-16-14-21(15-17-22)29-27-25-26(23-12-8-9-13-24(23)30-27)32(5)28(31-25)20-10-6-7-11-20;1-23-17-7-5-4-6-16(17)19-18(23)12-13-21-20(19)22-14-8-10-15(11-9-14)25(2,3)24;1-23-7-9-26(25,10-8-23)14-5-3-13(4-6-14)22-18-16-17(15(19)11-20-18)24(2)12-21-16;1-20-14-9-10-18-16(15(14)21(2)17(20)22)19-13-7-5-12(6-8-13)11-24(3,4)23;1-21(2,20)13-7-5-12(6-8-13)19-16-14-4-3-10-17-15(14)9-11-18-16/h8-9,12-20,25-26H,6-7,10-11H2,1-5H3,(H,29,30);4-13H,1-3H3,(H,21,22);3-6,11-12H,7-10H2,1-2H3,(H,20,22);5-10H,11H2,1-4H3,(H,18,19);3-11H,1-2H3,(H,18,19). The number of nitrogens with zero attached hydrogens (tertiary/aromatic N) is 14. The first kappa shape index (κ1) is 93.3. The summed E-state index contributed by atoms with van der Waals surface area (Å²) < 4.78 is 70.3. The molecule has 8 aromatic heterocycles. The molecule has 0 amide bonds. The molecule has 0 radical (unpaired) electrons. The van der Waals surface area contributed by atoms with Crippen LogP contribution in [0.15, 0.2) is 252 Å². The second-order valence-corrected chi connectivity index (χ2v) is 53.3. The maximum absolute atomic E-state index is 13.7. The fourth-order valence-electron chi connectivity index (χ4n) is 17.6. The SMILES string of the molecule is CC(C)P(=O)(c1ccc(NC2=Nc3ccccc3C3C2N=C(C2CCCC2)N3C)cc1)C(C)C.CN1CCP(=O)(c2ccc(Nc3ncc(Cl)c4c3ncn4C)cc2)CC1.CP(C)(=O)c1ccc(Nc2nccc3ncccc23)cc1.Cn1c(=O)n(C)c2c(Nc3ccc(CP(C)(C)=O)cc3)nccc21.Cn1c2ccccc2c2c(Nc3ccc(P(C)(C)=O)cc3)nccc21. The number of rotatable bonds is 18. The number of fused-ring (bicyclic) bond motifs is 9. The first-order chi connectivity index (χ1) is 62.0. The number of hydrogen-bond donors (Lipinski definition) is 5. The van der Waals surface area contributed by atoms with Gasteiger partial charge in [-0.1, -0.05) is 101 Å². The summed E-state index contributed by atoms with van der Waals surface area (Å²) in [7, 11) is 0.482. The number of hydrogen-bond acceptors (Lipinski definition) is 21. The summed E-state index contributed by atoms with van der Waals surface area (Å²) in [4.78, 5) is 53.4. The van der Waals surface area contributed by atoms with Gasteiger partial charge in [-0.25, -0.2) is 34.7 Å². The average molecular weight is 1860 g/mol. The van der Waals surface area contributed by atoms with Crippen molar-refractivity contribution in [2.75, 3.05) is 106 Å². The summed E-state index contributed by atoms with van der Waals surface area (Å²) in [6.45, 7) is 20.8. The number of pyridine rings is 5. The van der Waals surface area contributed by atoms with E-state index >= 15 is 0 Å². The highest BCUT2D eigenvalue weighted by Crippen LogP contribution is 2.54. The number of para-hydroxylation sites is 2. The molecule has 3 aliphatic heterocycles. The third-order valence-corrected chi connectivity index (χ3v) is 36.5. The third-order valence-electron chi connectivity index (χ3n) is 24.7. The Hall–Kier alpha value is -11.4. The molecule has 0 bridgehead atoms. The van der Waals surface area contributed by atoms with Crippen LogP contribution in [-0.4, -0.2) is 167 Å². The Labute approximate surface area is 765 Å². The number of amidine groups is 2. The van der Waals surface area contributed by atoms with E-state index in [2.05, 4.69) is 156 Å². The number of imidazole rings is 2. The molecule has 1 saturated carbocycles. The number of nitrogens with one attached hydrogen (secondary N) is 5. The van der Waals surface area contributed by atoms with Gasteiger partial charge in [0, 0.05) is 180 Å². The van der Waals surface area contributed by atoms with Gasteiger partial charge in [-0.3, -0.25) is 19.1 Å². The van der Waals surface area contributed by atoms with E-state index in [0.717, 1.165) is 148 Å². The maximum atomic E-state index is 13.7. The molecule has 19 rings (SSSR count). The molecule has 0 spiro atoms. The van der Waals surface area contributed by atoms with E-state index in [1.165, 1.54) is 48.0 Å². The highest BCUT2D eigenvalue weighted by Gasteiger charge is 2.44. The summed E-state index contributed by atoms with van der Waals surface area (Å²) in [6, 6.07) is 65.8. The molecule has 2 fully saturated rings. The number of benzene rings is 7. The fourth-order valence-corrected chi connectivity index (χ4v) is 26.5. The predicted octanol–water partition coefficient (Wildman–Crippen LogP) is 21.4. The normalized spacial score (nSPS) is 15.8. The van der Waals surface area contributed by atoms with Crippen LogP contribution in [0.4, 0.5) is 57.4 Å². The van der Waals surface area contributed by atoms with E-state index in [1.807, 2.05) is 182 Å². The summed E-state index contributed by atoms with van der Waals surface area (Å²) in [5, 5.41) is 24.4. The van der Waals surface area contributed by atoms with Crippen LogP contribution in [-0.2, 0) is 57.2 Å². The van der Waals surface area contributed by atoms with Gasteiger partial charge in [0.25, 0.3) is 0 Å². The van der Waals surface area contributed by atoms with Gasteiger partial charge in [-0.2, -0.15) is 0 Å². The highest BCUT2D eigenvalue weighted by molar-refractivity contribution is 7.73. The minimum Gasteiger partial charge on any atom is -0.353 e. The van der Waals surface area contributed by atoms with Crippen LogP contribution in [0.2, 0.25) is 5.02 Å². The van der Waals surface area contributed by atoms with E-state index in [4.69, 9.17) is 21.6 Å². The highest BCUT2D eigenvalue weighted by atomic mass is 35.5. The van der Waals surface area contributed by atoms with Gasteiger partial charge in [0.15, 0.2) is 11.6 Å². The molecule has 31 heteroatoms. The minimum atomic E-state index is -2.45. The molecule has 2 unspecified atom stereocenters. The van der Waals surface area contributed by atoms with E-state index < -0.39 is 35.7 Å². The average Bonchev–Trinajstić information content (AvgIpc) is 1.62. The summed E-state index contributed by atoms with van der Waals surface area (Å²) >= 11 is 6.23. The van der Waals surface area contributed by atoms with Crippen LogP contribution in [0, 0.1) is 5.92 Å². The van der Waals surface area contributed by atoms with E-state index in [0.29, 0.717) is 28.7 Å². The largest absolute Gasteiger partial charge is 0.353 e. The Kier molecular flexibility index (Phi) is 28.0. The first-order valence-corrected chi connectivity index (χ1v) is 56.1. The second kappa shape index (κ2) is 39.0. The number of aryl methyl sites for hydroxylation is 4. The van der Waals surface area contributed by atoms with Gasteiger partial charge >= 0.3 is 5.69 Å². The first-order valence-electron chi connectivity index (χ1n) is 43.8. The van der Waals surface area contributed by atoms with Crippen molar-refractivity contribution in [2.24, 2.45) is 44.1 Å². The molecule has 7 aromatic carbocycles. The molecule has 2 atom stereocenters. The fraction of sp³-hybridized carbons (Fsp3) is 0.303. The number of aliphatic imine (C=N–C) groups is 2. The number of aromatic nitrogens is 10. The smallest absolute Gasteiger partial charge is 0.328 e. The zero-order chi connectivity index (χ0) is 92.3. The molecule has 1 saturated heterocycles. The van der Waals surface area contributed by atoms with Crippen molar-refractivity contribution in [2.45, 2.75) is 82.9 Å². The van der Waals surface area contributed by atoms with E-state index in [9.17, 15) is 27.6 Å². The summed E-state index contributed by atoms with van der Waals surface area (Å²) in [6.07, 6.45) is 17.5. The van der Waals surface area contributed by atoms with Crippen molar-refractivity contribution in [1.29, 1.82) is 0 Å². The Morgan fingerprint density at radius 3 is 1.63 bits per heavy atom. The molecule has 5 N–H and O–H groups in total. The number of anilines is 9. The lowest BCUT2D eigenvalue weighted by Crippen LogP contribution is -2.38. The lowest BCUT2D eigenvalue weighted by Gasteiger charge is -2.33. The van der Waals surface area contributed by atoms with Gasteiger partial charge in [-0.15, -0.1) is 0 Å². The lowest BCUT2D eigenvalue weighted by molar-refractivity contribution is 0.361. The maximum Gasteiger partial charge on any atom is 0.328 e. The minimum absolute atomic E-state index is 0.0346. The zero-order valence-corrected chi connectivity index (χ0v) is 81.8. The molecule has 674 valence electrons. The van der Waals surface area contributed by atoms with Crippen LogP contribution in [0.3, 0.4) is 0 Å². The van der Waals surface area contributed by atoms with Crippen LogP contribution >= 0.6 is 47.3 Å². The van der Waals surface area contributed by atoms with E-state index in [-0.39, 0.29) is 29.1 Å². The molecule has 4 aliphatic rings. The van der Waals surface area contributed by atoms with Crippen LogP contribution in [0.1, 0.15) is 70.5 Å². The van der Waals surface area contributed by atoms with Gasteiger partial charge < -0.3 is 68.3 Å².